The van der Waals surface area contributed by atoms with Gasteiger partial charge in [-0.2, -0.15) is 0 Å². The Kier molecular flexibility index (Phi) is 4.68. The smallest absolute Gasteiger partial charge is 0.307 e. The van der Waals surface area contributed by atoms with Crippen LogP contribution in [0, 0.1) is 11.8 Å². The van der Waals surface area contributed by atoms with Gasteiger partial charge in [0, 0.05) is 10.7 Å². The lowest BCUT2D eigenvalue weighted by atomic mass is 9.76. The van der Waals surface area contributed by atoms with Gasteiger partial charge in [0.05, 0.1) is 11.8 Å². The lowest BCUT2D eigenvalue weighted by Gasteiger charge is -2.29. The van der Waals surface area contributed by atoms with Crippen molar-refractivity contribution in [2.45, 2.75) is 26.7 Å². The molecule has 112 valence electrons. The molecule has 5 heteroatoms. The van der Waals surface area contributed by atoms with Crippen molar-refractivity contribution in [2.75, 3.05) is 5.32 Å². The minimum absolute atomic E-state index is 0.253. The van der Waals surface area contributed by atoms with Gasteiger partial charge in [-0.05, 0) is 51.0 Å². The second-order valence-electron chi connectivity index (χ2n) is 5.52. The fourth-order valence-electron chi connectivity index (χ4n) is 2.60. The molecule has 0 heterocycles. The first-order valence-corrected chi connectivity index (χ1v) is 7.20. The lowest BCUT2D eigenvalue weighted by molar-refractivity contribution is -0.146. The van der Waals surface area contributed by atoms with E-state index in [9.17, 15) is 14.7 Å². The predicted octanol–water partition coefficient (Wildman–Crippen LogP) is 3.73. The number of carbonyl (C=O) groups is 2. The fourth-order valence-corrected chi connectivity index (χ4v) is 2.72. The molecular weight excluding hydrogens is 290 g/mol. The van der Waals surface area contributed by atoms with Crippen molar-refractivity contribution in [1.82, 2.24) is 0 Å². The van der Waals surface area contributed by atoms with Gasteiger partial charge in [0.15, 0.2) is 0 Å². The van der Waals surface area contributed by atoms with Gasteiger partial charge in [-0.1, -0.05) is 22.7 Å². The number of carbonyl (C=O) groups excluding carboxylic acids is 1. The van der Waals surface area contributed by atoms with Crippen LogP contribution in [0.5, 0.6) is 0 Å². The summed E-state index contributed by atoms with van der Waals surface area (Å²) in [5.41, 5.74) is 2.79. The van der Waals surface area contributed by atoms with Crippen LogP contribution in [-0.4, -0.2) is 17.0 Å². The summed E-state index contributed by atoms with van der Waals surface area (Å²) in [6.07, 6.45) is 0.919. The molecule has 1 amide bonds. The fraction of sp³-hybridized carbons (Fsp3) is 0.375. The number of halogens is 1. The highest BCUT2D eigenvalue weighted by Gasteiger charge is 2.37. The molecule has 0 saturated carbocycles. The predicted molar refractivity (Wildman–Crippen MR) is 82.3 cm³/mol. The summed E-state index contributed by atoms with van der Waals surface area (Å²) in [6.45, 7) is 3.88. The van der Waals surface area contributed by atoms with E-state index < -0.39 is 17.8 Å². The largest absolute Gasteiger partial charge is 0.481 e. The van der Waals surface area contributed by atoms with Crippen molar-refractivity contribution in [3.05, 3.63) is 40.4 Å². The molecule has 21 heavy (non-hydrogen) atoms. The maximum Gasteiger partial charge on any atom is 0.307 e. The first-order valence-electron chi connectivity index (χ1n) is 6.83. The Hall–Kier alpha value is -1.81. The Balaban J connectivity index is 2.16. The molecule has 0 fully saturated rings. The second kappa shape index (κ2) is 6.31. The van der Waals surface area contributed by atoms with Crippen LogP contribution in [0.1, 0.15) is 26.7 Å². The number of hydrogen-bond donors (Lipinski definition) is 2. The van der Waals surface area contributed by atoms with Crippen molar-refractivity contribution < 1.29 is 14.7 Å². The van der Waals surface area contributed by atoms with Crippen LogP contribution in [-0.2, 0) is 9.59 Å². The molecule has 4 nitrogen and oxygen atoms in total. The average Bonchev–Trinajstić information content (AvgIpc) is 2.43. The zero-order chi connectivity index (χ0) is 15.6. The maximum absolute atomic E-state index is 12.4. The summed E-state index contributed by atoms with van der Waals surface area (Å²) in [5, 5.41) is 12.7. The average molecular weight is 308 g/mol. The van der Waals surface area contributed by atoms with Crippen molar-refractivity contribution in [3.8, 4) is 0 Å². The number of carboxylic acid groups (broad SMARTS) is 1. The molecule has 0 aliphatic heterocycles. The molecular formula is C16H18ClNO3. The zero-order valence-electron chi connectivity index (χ0n) is 12.0. The summed E-state index contributed by atoms with van der Waals surface area (Å²) < 4.78 is 0. The van der Waals surface area contributed by atoms with E-state index in [4.69, 9.17) is 11.6 Å². The van der Waals surface area contributed by atoms with Gasteiger partial charge < -0.3 is 10.4 Å². The number of amides is 1. The van der Waals surface area contributed by atoms with E-state index >= 15 is 0 Å². The van der Waals surface area contributed by atoms with Crippen LogP contribution < -0.4 is 5.32 Å². The Morgan fingerprint density at radius 2 is 1.62 bits per heavy atom. The van der Waals surface area contributed by atoms with E-state index in [-0.39, 0.29) is 5.91 Å². The molecule has 0 aromatic heterocycles. The van der Waals surface area contributed by atoms with Crippen LogP contribution >= 0.6 is 11.6 Å². The van der Waals surface area contributed by atoms with Crippen molar-refractivity contribution in [1.29, 1.82) is 0 Å². The molecule has 2 atom stereocenters. The van der Waals surface area contributed by atoms with Crippen molar-refractivity contribution >= 4 is 29.2 Å². The van der Waals surface area contributed by atoms with Gasteiger partial charge in [0.1, 0.15) is 0 Å². The monoisotopic (exact) mass is 307 g/mol. The number of allylic oxidation sites excluding steroid dienone is 2. The third kappa shape index (κ3) is 3.64. The van der Waals surface area contributed by atoms with Crippen LogP contribution in [0.15, 0.2) is 35.4 Å². The minimum atomic E-state index is -0.918. The van der Waals surface area contributed by atoms with Crippen LogP contribution in [0.25, 0.3) is 0 Å². The van der Waals surface area contributed by atoms with Crippen molar-refractivity contribution in [2.24, 2.45) is 11.8 Å². The summed E-state index contributed by atoms with van der Waals surface area (Å²) in [4.78, 5) is 23.8. The first kappa shape index (κ1) is 15.6. The van der Waals surface area contributed by atoms with Crippen molar-refractivity contribution in [3.63, 3.8) is 0 Å². The SMILES string of the molecule is CC1=C(C)C[C@@H](C(=O)O)[C@@H](C(=O)Nc2ccc(Cl)cc2)C1. The zero-order valence-corrected chi connectivity index (χ0v) is 12.8. The Morgan fingerprint density at radius 1 is 1.10 bits per heavy atom. The highest BCUT2D eigenvalue weighted by molar-refractivity contribution is 6.30. The highest BCUT2D eigenvalue weighted by Crippen LogP contribution is 2.35. The Bertz CT molecular complexity index is 592. The van der Waals surface area contributed by atoms with E-state index in [1.165, 1.54) is 0 Å². The molecule has 1 aromatic carbocycles. The number of hydrogen-bond acceptors (Lipinski definition) is 2. The Labute approximate surface area is 128 Å². The molecule has 1 aliphatic rings. The summed E-state index contributed by atoms with van der Waals surface area (Å²) in [5.74, 6) is -2.38. The second-order valence-corrected chi connectivity index (χ2v) is 5.95. The highest BCUT2D eigenvalue weighted by atomic mass is 35.5. The molecule has 0 unspecified atom stereocenters. The van der Waals surface area contributed by atoms with E-state index in [1.54, 1.807) is 24.3 Å². The third-order valence-corrected chi connectivity index (χ3v) is 4.28. The van der Waals surface area contributed by atoms with Crippen LogP contribution in [0.2, 0.25) is 5.02 Å². The molecule has 2 rings (SSSR count). The van der Waals surface area contributed by atoms with E-state index in [1.807, 2.05) is 13.8 Å². The Morgan fingerprint density at radius 3 is 2.14 bits per heavy atom. The number of nitrogens with one attached hydrogen (secondary N) is 1. The van der Waals surface area contributed by atoms with Crippen LogP contribution in [0.3, 0.4) is 0 Å². The third-order valence-electron chi connectivity index (χ3n) is 4.03. The van der Waals surface area contributed by atoms with Crippen LogP contribution in [0.4, 0.5) is 5.69 Å². The van der Waals surface area contributed by atoms with Gasteiger partial charge in [-0.3, -0.25) is 9.59 Å². The van der Waals surface area contributed by atoms with E-state index in [0.717, 1.165) is 11.1 Å². The van der Waals surface area contributed by atoms with Gasteiger partial charge in [-0.25, -0.2) is 0 Å². The number of anilines is 1. The molecule has 0 bridgehead atoms. The van der Waals surface area contributed by atoms with Gasteiger partial charge in [-0.15, -0.1) is 0 Å². The van der Waals surface area contributed by atoms with Gasteiger partial charge in [0.25, 0.3) is 0 Å². The number of aliphatic carboxylic acids is 1. The van der Waals surface area contributed by atoms with Gasteiger partial charge in [0.2, 0.25) is 5.91 Å². The summed E-state index contributed by atoms with van der Waals surface area (Å²) in [6, 6.07) is 6.77. The number of rotatable bonds is 3. The standard InChI is InChI=1S/C16H18ClNO3/c1-9-7-13(14(16(20)21)8-10(9)2)15(19)18-12-5-3-11(17)4-6-12/h3-6,13-14H,7-8H2,1-2H3,(H,18,19)(H,20,21)/t13-,14+/m0/s1. The molecule has 2 N–H and O–H groups in total. The normalized spacial score (nSPS) is 22.0. The quantitative estimate of drug-likeness (QED) is 0.836. The molecule has 1 aromatic rings. The molecule has 1 aliphatic carbocycles. The summed E-state index contributed by atoms with van der Waals surface area (Å²) >= 11 is 5.80. The maximum atomic E-state index is 12.4. The van der Waals surface area contributed by atoms with E-state index in [2.05, 4.69) is 5.32 Å². The number of benzene rings is 1. The molecule has 0 saturated heterocycles. The summed E-state index contributed by atoms with van der Waals surface area (Å²) in [7, 11) is 0. The topological polar surface area (TPSA) is 66.4 Å². The molecule has 0 spiro atoms. The minimum Gasteiger partial charge on any atom is -0.481 e. The number of carboxylic acids is 1. The molecule has 0 radical (unpaired) electrons. The first-order chi connectivity index (χ1) is 9.88. The van der Waals surface area contributed by atoms with Gasteiger partial charge >= 0.3 is 5.97 Å². The lowest BCUT2D eigenvalue weighted by Crippen LogP contribution is -2.36. The van der Waals surface area contributed by atoms with E-state index in [0.29, 0.717) is 23.6 Å².